The van der Waals surface area contributed by atoms with Gasteiger partial charge in [0.25, 0.3) is 0 Å². The van der Waals surface area contributed by atoms with Crippen LogP contribution in [0, 0.1) is 27.7 Å². The standard InChI is InChI=1S/C19H24N2S/c1-12-6-9-18(15(4)10-12)16(5)20-19(22)21-17-8-7-13(2)14(3)11-17/h6-11,16H,1-5H3,(H2,20,21,22)/t16-/m0/s1. The summed E-state index contributed by atoms with van der Waals surface area (Å²) in [6, 6.07) is 13.0. The van der Waals surface area contributed by atoms with Gasteiger partial charge in [0.2, 0.25) is 0 Å². The molecule has 0 aliphatic rings. The van der Waals surface area contributed by atoms with Gasteiger partial charge in [-0.2, -0.15) is 0 Å². The van der Waals surface area contributed by atoms with Gasteiger partial charge in [-0.15, -0.1) is 0 Å². The fourth-order valence-electron chi connectivity index (χ4n) is 2.57. The molecule has 0 aliphatic heterocycles. The summed E-state index contributed by atoms with van der Waals surface area (Å²) in [6.45, 7) is 10.6. The van der Waals surface area contributed by atoms with Gasteiger partial charge in [0.05, 0.1) is 6.04 Å². The lowest BCUT2D eigenvalue weighted by Crippen LogP contribution is -2.31. The first-order valence-electron chi connectivity index (χ1n) is 7.58. The Kier molecular flexibility index (Phi) is 5.19. The van der Waals surface area contributed by atoms with E-state index in [-0.39, 0.29) is 6.04 Å². The van der Waals surface area contributed by atoms with E-state index in [1.54, 1.807) is 0 Å². The molecule has 116 valence electrons. The van der Waals surface area contributed by atoms with Crippen molar-refractivity contribution >= 4 is 23.0 Å². The molecule has 2 N–H and O–H groups in total. The van der Waals surface area contributed by atoms with Crippen LogP contribution in [0.2, 0.25) is 0 Å². The fourth-order valence-corrected chi connectivity index (χ4v) is 2.87. The second-order valence-electron chi connectivity index (χ2n) is 5.98. The minimum atomic E-state index is 0.173. The summed E-state index contributed by atoms with van der Waals surface area (Å²) in [4.78, 5) is 0. The van der Waals surface area contributed by atoms with Crippen LogP contribution in [0.3, 0.4) is 0 Å². The lowest BCUT2D eigenvalue weighted by atomic mass is 10.0. The van der Waals surface area contributed by atoms with E-state index in [1.165, 1.54) is 27.8 Å². The van der Waals surface area contributed by atoms with Crippen molar-refractivity contribution in [3.05, 3.63) is 64.2 Å². The maximum absolute atomic E-state index is 5.44. The number of hydrogen-bond acceptors (Lipinski definition) is 1. The smallest absolute Gasteiger partial charge is 0.171 e. The summed E-state index contributed by atoms with van der Waals surface area (Å²) in [5.41, 5.74) is 7.41. The molecule has 0 heterocycles. The minimum Gasteiger partial charge on any atom is -0.356 e. The van der Waals surface area contributed by atoms with Gasteiger partial charge in [-0.3, -0.25) is 0 Å². The topological polar surface area (TPSA) is 24.1 Å². The molecule has 0 aliphatic carbocycles. The molecule has 2 aromatic carbocycles. The Morgan fingerprint density at radius 1 is 0.909 bits per heavy atom. The van der Waals surface area contributed by atoms with Crippen LogP contribution < -0.4 is 10.6 Å². The molecule has 2 rings (SSSR count). The average molecular weight is 312 g/mol. The minimum absolute atomic E-state index is 0.173. The van der Waals surface area contributed by atoms with Gasteiger partial charge >= 0.3 is 0 Å². The molecule has 2 aromatic rings. The number of nitrogens with one attached hydrogen (secondary N) is 2. The van der Waals surface area contributed by atoms with Gasteiger partial charge in [-0.25, -0.2) is 0 Å². The zero-order valence-electron chi connectivity index (χ0n) is 13.9. The summed E-state index contributed by atoms with van der Waals surface area (Å²) < 4.78 is 0. The van der Waals surface area contributed by atoms with Crippen molar-refractivity contribution in [1.29, 1.82) is 0 Å². The highest BCUT2D eigenvalue weighted by Gasteiger charge is 2.10. The van der Waals surface area contributed by atoms with Gasteiger partial charge in [0.15, 0.2) is 5.11 Å². The Balaban J connectivity index is 2.03. The summed E-state index contributed by atoms with van der Waals surface area (Å²) in [5.74, 6) is 0. The van der Waals surface area contributed by atoms with Crippen molar-refractivity contribution in [3.63, 3.8) is 0 Å². The largest absolute Gasteiger partial charge is 0.356 e. The summed E-state index contributed by atoms with van der Waals surface area (Å²) >= 11 is 5.44. The molecule has 1 atom stereocenters. The van der Waals surface area contributed by atoms with E-state index in [4.69, 9.17) is 12.2 Å². The molecule has 0 saturated heterocycles. The van der Waals surface area contributed by atoms with Crippen LogP contribution in [0.5, 0.6) is 0 Å². The van der Waals surface area contributed by atoms with Crippen LogP contribution in [0.4, 0.5) is 5.69 Å². The molecule has 22 heavy (non-hydrogen) atoms. The summed E-state index contributed by atoms with van der Waals surface area (Å²) in [7, 11) is 0. The van der Waals surface area contributed by atoms with Crippen LogP contribution in [0.1, 0.15) is 40.8 Å². The van der Waals surface area contributed by atoms with Crippen molar-refractivity contribution < 1.29 is 0 Å². The van der Waals surface area contributed by atoms with Crippen molar-refractivity contribution in [1.82, 2.24) is 5.32 Å². The normalized spacial score (nSPS) is 11.9. The first-order chi connectivity index (χ1) is 10.4. The van der Waals surface area contributed by atoms with Crippen LogP contribution in [0.15, 0.2) is 36.4 Å². The van der Waals surface area contributed by atoms with Gasteiger partial charge in [-0.05, 0) is 81.2 Å². The van der Waals surface area contributed by atoms with Gasteiger partial charge in [-0.1, -0.05) is 29.8 Å². The lowest BCUT2D eigenvalue weighted by molar-refractivity contribution is 0.717. The number of thiocarbonyl (C=S) groups is 1. The third-order valence-corrected chi connectivity index (χ3v) is 4.22. The molecule has 0 bridgehead atoms. The van der Waals surface area contributed by atoms with Crippen LogP contribution in [-0.2, 0) is 0 Å². The monoisotopic (exact) mass is 312 g/mol. The Hall–Kier alpha value is -1.87. The Morgan fingerprint density at radius 2 is 1.64 bits per heavy atom. The van der Waals surface area contributed by atoms with Crippen molar-refractivity contribution in [2.75, 3.05) is 5.32 Å². The second-order valence-corrected chi connectivity index (χ2v) is 6.39. The van der Waals surface area contributed by atoms with Gasteiger partial charge in [0, 0.05) is 5.69 Å². The molecule has 0 fully saturated rings. The third-order valence-electron chi connectivity index (χ3n) is 4.00. The van der Waals surface area contributed by atoms with E-state index >= 15 is 0 Å². The third kappa shape index (κ3) is 4.08. The van der Waals surface area contributed by atoms with Crippen LogP contribution in [0.25, 0.3) is 0 Å². The van der Waals surface area contributed by atoms with E-state index < -0.39 is 0 Å². The molecule has 0 spiro atoms. The van der Waals surface area contributed by atoms with E-state index in [0.717, 1.165) is 5.69 Å². The number of aryl methyl sites for hydroxylation is 4. The highest BCUT2D eigenvalue weighted by molar-refractivity contribution is 7.80. The first kappa shape index (κ1) is 16.5. The number of rotatable bonds is 3. The molecular weight excluding hydrogens is 288 g/mol. The van der Waals surface area contributed by atoms with Crippen LogP contribution >= 0.6 is 12.2 Å². The summed E-state index contributed by atoms with van der Waals surface area (Å²) in [6.07, 6.45) is 0. The zero-order chi connectivity index (χ0) is 16.3. The number of anilines is 1. The van der Waals surface area contributed by atoms with Crippen molar-refractivity contribution in [2.24, 2.45) is 0 Å². The molecule has 0 saturated carbocycles. The van der Waals surface area contributed by atoms with E-state index in [1.807, 2.05) is 0 Å². The Bertz CT molecular complexity index is 692. The highest BCUT2D eigenvalue weighted by atomic mass is 32.1. The van der Waals surface area contributed by atoms with Gasteiger partial charge in [0.1, 0.15) is 0 Å². The molecule has 0 radical (unpaired) electrons. The molecule has 0 aromatic heterocycles. The van der Waals surface area contributed by atoms with Crippen molar-refractivity contribution in [2.45, 2.75) is 40.7 Å². The number of hydrogen-bond donors (Lipinski definition) is 2. The van der Waals surface area contributed by atoms with Crippen molar-refractivity contribution in [3.8, 4) is 0 Å². The first-order valence-corrected chi connectivity index (χ1v) is 7.99. The number of benzene rings is 2. The van der Waals surface area contributed by atoms with E-state index in [9.17, 15) is 0 Å². The predicted molar refractivity (Wildman–Crippen MR) is 99.6 cm³/mol. The molecule has 0 unspecified atom stereocenters. The quantitative estimate of drug-likeness (QED) is 0.783. The highest BCUT2D eigenvalue weighted by Crippen LogP contribution is 2.19. The summed E-state index contributed by atoms with van der Waals surface area (Å²) in [5, 5.41) is 7.27. The molecule has 2 nitrogen and oxygen atoms in total. The maximum atomic E-state index is 5.44. The fraction of sp³-hybridized carbons (Fsp3) is 0.316. The lowest BCUT2D eigenvalue weighted by Gasteiger charge is -2.19. The predicted octanol–water partition coefficient (Wildman–Crippen LogP) is 4.97. The molecule has 3 heteroatoms. The average Bonchev–Trinajstić information content (AvgIpc) is 2.42. The zero-order valence-corrected chi connectivity index (χ0v) is 14.8. The SMILES string of the molecule is Cc1ccc([C@H](C)NC(=S)Nc2ccc(C)c(C)c2)c(C)c1. The molecular formula is C19H24N2S. The molecule has 0 amide bonds. The van der Waals surface area contributed by atoms with Gasteiger partial charge < -0.3 is 10.6 Å². The van der Waals surface area contributed by atoms with E-state index in [0.29, 0.717) is 5.11 Å². The Labute approximate surface area is 139 Å². The maximum Gasteiger partial charge on any atom is 0.171 e. The Morgan fingerprint density at radius 3 is 2.27 bits per heavy atom. The second kappa shape index (κ2) is 6.93. The van der Waals surface area contributed by atoms with Crippen LogP contribution in [-0.4, -0.2) is 5.11 Å². The van der Waals surface area contributed by atoms with E-state index in [2.05, 4.69) is 81.7 Å².